The molecular formula is C101H220F5N23O8. The summed E-state index contributed by atoms with van der Waals surface area (Å²) in [6, 6.07) is 0.685. The molecule has 16 aliphatic heterocycles. The number of hydrogen-bond acceptors (Lipinski definition) is 28. The number of primary amides is 3. The van der Waals surface area contributed by atoms with Crippen molar-refractivity contribution < 1.29 is 61.9 Å². The summed E-state index contributed by atoms with van der Waals surface area (Å²) in [5, 5.41) is 44.2. The van der Waals surface area contributed by atoms with E-state index in [0.29, 0.717) is 32.2 Å². The van der Waals surface area contributed by atoms with Gasteiger partial charge in [-0.15, -0.1) is 0 Å². The Balaban J connectivity index is -0.000000681. The number of aliphatic hydroxyl groups excluding tert-OH is 5. The Morgan fingerprint density at radius 3 is 0.664 bits per heavy atom. The molecule has 16 aliphatic rings. The molecule has 11 N–H and O–H groups in total. The van der Waals surface area contributed by atoms with Crippen LogP contribution in [-0.4, -0.2) is 600 Å². The topological polar surface area (TPSA) is 295 Å². The SMILES string of the molecule is CC(C)N(C)C.CCN(C)C.CCN(C)CC.CN(C)C.CN1CC(O)C1.CN1CC=CCC1.CN1CCC(C(N)=O)C1.CN1CCC(F)(F)C1.CN1CCC(F)C1.CN1CCC(O)C1.CN1CCC(O)CC1.CN1CCC1.CN1CCCC1.CN1CCCCC1.CN1CC[C@@H](C(N)=O)C1.CN1CC[C@@H](F)C1.CN1CC[C@@H](O)C1.CN1CC[C@H](C(N)=O)C1.CN1CC[C@H](F)C1.CN1CC[C@H](O)C1. The predicted octanol–water partition coefficient (Wildman–Crippen LogP) is 5.30. The average molecular weight is 1980 g/mol. The summed E-state index contributed by atoms with van der Waals surface area (Å²) in [6.45, 7) is 44.8. The maximum Gasteiger partial charge on any atom is 0.261 e. The lowest BCUT2D eigenvalue weighted by Crippen LogP contribution is -2.47. The van der Waals surface area contributed by atoms with Crippen molar-refractivity contribution in [2.75, 3.05) is 398 Å². The van der Waals surface area contributed by atoms with Crippen LogP contribution in [0.2, 0.25) is 0 Å². The van der Waals surface area contributed by atoms with Crippen molar-refractivity contribution in [3.63, 3.8) is 0 Å². The third kappa shape index (κ3) is 91.2. The lowest BCUT2D eigenvalue weighted by molar-refractivity contribution is -0.122. The number of carbonyl (C=O) groups is 3. The Bertz CT molecular complexity index is 2480. The second kappa shape index (κ2) is 86.0. The minimum absolute atomic E-state index is 0.0220. The number of hydrogen-bond donors (Lipinski definition) is 8. The summed E-state index contributed by atoms with van der Waals surface area (Å²) in [7, 11) is 48.7. The highest BCUT2D eigenvalue weighted by molar-refractivity contribution is 5.78. The number of rotatable bonds is 7. The van der Waals surface area contributed by atoms with E-state index in [1.807, 2.05) is 111 Å². The first-order chi connectivity index (χ1) is 64.0. The quantitative estimate of drug-likeness (QED) is 0.119. The molecule has 822 valence electrons. The first-order valence-corrected chi connectivity index (χ1v) is 51.8. The van der Waals surface area contributed by atoms with Gasteiger partial charge < -0.3 is 141 Å². The summed E-state index contributed by atoms with van der Waals surface area (Å²) in [6.07, 6.45) is 22.1. The normalized spacial score (nSPS) is 26.6. The van der Waals surface area contributed by atoms with Crippen LogP contribution in [-0.2, 0) is 14.4 Å². The standard InChI is InChI=1S/3C6H12N2O.C6H13NO.C6H13N.C6H11N.C5H9F2N.3C5H10FN.3C5H11NO.C5H11N.2C5H13N.C4H9NO.C4H9N.C4H11N.C3H9N/c3*1-8-3-2-5(4-8)6(7)9;1-7-4-2-6(8)3-5-7;2*1-7-5-3-2-4-6-7;1-8-3-2-5(6,7)4-8;3*1-7-3-2-5(6)4-7;3*1-6-3-2-5(7)4-6;1-6-4-2-3-5-6;1-5(2)6(3)4;1-4-6(3)5-2;1-5-2-4(6)3-5;1-5-3-2-4-5;1-4-5(2)3;1-4(2)3/h3*5H,2-4H2,1H3,(H2,7,9);6,8H,2-5H2,1H3;2-6H2,1H3;2-3H,4-6H2,1H3;2-4H2,1H3;3*5H,2-4H2,1H3;3*5,7H,2-4H2,1H3;2-5H2,1H3;5H,1-4H3;4-5H2,1-3H3;4,6H,2-3H2,1H3;2-4H2,1H3;4H2,1-3H3;1-3H3/t2*5-;;;;;;2*5-;;2*5-;;;;;;;;/m10.....10.10......../s1. The van der Waals surface area contributed by atoms with Gasteiger partial charge in [0, 0.05) is 156 Å². The lowest BCUT2D eigenvalue weighted by Gasteiger charge is -2.31. The zero-order valence-corrected chi connectivity index (χ0v) is 93.3. The Kier molecular flexibility index (Phi) is 87.9. The van der Waals surface area contributed by atoms with Crippen LogP contribution in [0, 0.1) is 17.8 Å². The van der Waals surface area contributed by atoms with Gasteiger partial charge in [0.1, 0.15) is 18.5 Å². The van der Waals surface area contributed by atoms with Crippen molar-refractivity contribution in [1.82, 2.24) is 98.0 Å². The third-order valence-electron chi connectivity index (χ3n) is 25.6. The average Bonchev–Trinajstić information content (AvgIpc) is 1.76. The van der Waals surface area contributed by atoms with Crippen LogP contribution in [0.4, 0.5) is 22.0 Å². The smallest absolute Gasteiger partial charge is 0.261 e. The third-order valence-corrected chi connectivity index (χ3v) is 25.6. The fourth-order valence-corrected chi connectivity index (χ4v) is 14.8. The number of carbonyl (C=O) groups excluding carboxylic acids is 3. The van der Waals surface area contributed by atoms with Crippen LogP contribution in [0.1, 0.15) is 157 Å². The molecule has 0 radical (unpaired) electrons. The van der Waals surface area contributed by atoms with E-state index < -0.39 is 24.4 Å². The van der Waals surface area contributed by atoms with Gasteiger partial charge >= 0.3 is 0 Å². The molecule has 0 aromatic heterocycles. The zero-order valence-electron chi connectivity index (χ0n) is 93.3. The number of amides is 3. The van der Waals surface area contributed by atoms with E-state index in [0.717, 1.165) is 221 Å². The number of likely N-dealkylation sites (tertiary alicyclic amines) is 15. The molecule has 0 bridgehead atoms. The zero-order chi connectivity index (χ0) is 105. The second-order valence-corrected chi connectivity index (χ2v) is 42.1. The van der Waals surface area contributed by atoms with Gasteiger partial charge in [0.2, 0.25) is 17.7 Å². The molecule has 0 spiro atoms. The minimum Gasteiger partial charge on any atom is -0.393 e. The van der Waals surface area contributed by atoms with Crippen molar-refractivity contribution in [3.8, 4) is 0 Å². The van der Waals surface area contributed by atoms with Gasteiger partial charge in [0.05, 0.1) is 54.8 Å². The molecule has 0 aliphatic carbocycles. The summed E-state index contributed by atoms with van der Waals surface area (Å²) < 4.78 is 60.7. The molecular weight excluding hydrogens is 1760 g/mol. The second-order valence-electron chi connectivity index (χ2n) is 42.1. The van der Waals surface area contributed by atoms with Crippen LogP contribution in [0.3, 0.4) is 0 Å². The van der Waals surface area contributed by atoms with E-state index in [1.54, 1.807) is 11.9 Å². The minimum atomic E-state index is -2.41. The van der Waals surface area contributed by atoms with E-state index in [1.165, 1.54) is 90.8 Å². The van der Waals surface area contributed by atoms with Crippen LogP contribution < -0.4 is 17.2 Å². The van der Waals surface area contributed by atoms with Crippen molar-refractivity contribution in [3.05, 3.63) is 12.2 Å². The monoisotopic (exact) mass is 1980 g/mol. The van der Waals surface area contributed by atoms with Crippen LogP contribution in [0.15, 0.2) is 12.2 Å². The molecule has 16 heterocycles. The summed E-state index contributed by atoms with van der Waals surface area (Å²) in [5.74, 6) is -2.55. The number of alkyl halides is 5. The largest absolute Gasteiger partial charge is 0.393 e. The Labute approximate surface area is 836 Å². The van der Waals surface area contributed by atoms with Gasteiger partial charge in [-0.2, -0.15) is 0 Å². The van der Waals surface area contributed by atoms with Crippen LogP contribution in [0.5, 0.6) is 0 Å². The number of halogens is 5. The lowest BCUT2D eigenvalue weighted by atomic mass is 10.1. The van der Waals surface area contributed by atoms with E-state index in [9.17, 15) is 36.3 Å². The van der Waals surface area contributed by atoms with E-state index in [2.05, 4.69) is 191 Å². The number of piperidine rings is 2. The molecule has 36 heteroatoms. The molecule has 16 rings (SSSR count). The predicted molar refractivity (Wildman–Crippen MR) is 566 cm³/mol. The molecule has 137 heavy (non-hydrogen) atoms. The van der Waals surface area contributed by atoms with Gasteiger partial charge in [0.15, 0.2) is 0 Å². The fraction of sp³-hybridized carbons (Fsp3) is 0.950. The van der Waals surface area contributed by atoms with Crippen molar-refractivity contribution in [2.45, 2.75) is 218 Å². The number of β-amino-alcohol motifs (C(OH)–C–C–N with tert-alkyl or cyclic N) is 4. The molecule has 15 saturated heterocycles. The fourth-order valence-electron chi connectivity index (χ4n) is 14.8. The highest BCUT2D eigenvalue weighted by atomic mass is 19.3. The highest BCUT2D eigenvalue weighted by Gasteiger charge is 2.36. The molecule has 31 nitrogen and oxygen atoms in total. The van der Waals surface area contributed by atoms with Crippen LogP contribution >= 0.6 is 0 Å². The maximum atomic E-state index is 12.2. The van der Waals surface area contributed by atoms with E-state index in [4.69, 9.17) is 42.7 Å². The molecule has 9 atom stereocenters. The summed E-state index contributed by atoms with van der Waals surface area (Å²) in [4.78, 5) is 74.3. The molecule has 3 amide bonds. The Morgan fingerprint density at radius 2 is 0.577 bits per heavy atom. The number of nitrogens with zero attached hydrogens (tertiary/aromatic N) is 20. The highest BCUT2D eigenvalue weighted by Crippen LogP contribution is 2.25. The van der Waals surface area contributed by atoms with Gasteiger partial charge in [-0.05, 0) is 371 Å². The summed E-state index contributed by atoms with van der Waals surface area (Å²) in [5.41, 5.74) is 15.3. The molecule has 15 fully saturated rings. The first kappa shape index (κ1) is 140. The molecule has 0 saturated carbocycles. The number of likely N-dealkylation sites (N-methyl/N-ethyl adjacent to an activating group) is 5. The van der Waals surface area contributed by atoms with Gasteiger partial charge in [-0.1, -0.05) is 39.3 Å². The Hall–Kier alpha value is -3.20. The summed E-state index contributed by atoms with van der Waals surface area (Å²) >= 11 is 0. The van der Waals surface area contributed by atoms with Gasteiger partial charge in [0.25, 0.3) is 5.92 Å². The molecule has 0 aromatic rings. The number of nitrogens with two attached hydrogens (primary N) is 3. The molecule has 3 unspecified atom stereocenters. The Morgan fingerprint density at radius 1 is 0.321 bits per heavy atom. The van der Waals surface area contributed by atoms with Crippen LogP contribution in [0.25, 0.3) is 0 Å². The van der Waals surface area contributed by atoms with Crippen molar-refractivity contribution in [2.24, 2.45) is 35.0 Å². The number of aliphatic hydroxyl groups is 5. The van der Waals surface area contributed by atoms with Gasteiger partial charge in [-0.3, -0.25) is 14.4 Å². The first-order valence-electron chi connectivity index (χ1n) is 51.8. The van der Waals surface area contributed by atoms with Crippen molar-refractivity contribution in [1.29, 1.82) is 0 Å². The van der Waals surface area contributed by atoms with E-state index in [-0.39, 0.29) is 79.0 Å². The maximum absolute atomic E-state index is 12.2. The van der Waals surface area contributed by atoms with Gasteiger partial charge in [-0.25, -0.2) is 22.0 Å². The van der Waals surface area contributed by atoms with E-state index >= 15 is 0 Å². The molecule has 0 aromatic carbocycles. The van der Waals surface area contributed by atoms with Crippen molar-refractivity contribution >= 4 is 17.7 Å².